The van der Waals surface area contributed by atoms with Crippen LogP contribution in [0.4, 0.5) is 5.69 Å². The molecule has 2 amide bonds. The first-order chi connectivity index (χ1) is 12.0. The van der Waals surface area contributed by atoms with Crippen molar-refractivity contribution in [1.82, 2.24) is 5.43 Å². The highest BCUT2D eigenvalue weighted by Crippen LogP contribution is 2.29. The number of anilines is 1. The Hall–Kier alpha value is -3.06. The number of carbonyl (C=O) groups excluding carboxylic acids is 2. The molecular weight excluding hydrogens is 346 g/mol. The van der Waals surface area contributed by atoms with Crippen LogP contribution in [0.3, 0.4) is 0 Å². The number of amides is 2. The molecule has 130 valence electrons. The fourth-order valence-electron chi connectivity index (χ4n) is 1.98. The van der Waals surface area contributed by atoms with Gasteiger partial charge in [0.05, 0.1) is 20.4 Å². The predicted molar refractivity (Wildman–Crippen MR) is 95.4 cm³/mol. The number of nitrogens with one attached hydrogen (secondary N) is 2. The molecule has 25 heavy (non-hydrogen) atoms. The molecule has 0 atom stereocenters. The monoisotopic (exact) mass is 361 g/mol. The molecule has 0 aliphatic carbocycles. The van der Waals surface area contributed by atoms with Crippen LogP contribution in [0.5, 0.6) is 11.5 Å². The van der Waals surface area contributed by atoms with E-state index < -0.39 is 11.8 Å². The van der Waals surface area contributed by atoms with Gasteiger partial charge in [0.2, 0.25) is 0 Å². The van der Waals surface area contributed by atoms with E-state index in [9.17, 15) is 9.59 Å². The van der Waals surface area contributed by atoms with Crippen LogP contribution in [0.1, 0.15) is 5.56 Å². The van der Waals surface area contributed by atoms with Gasteiger partial charge in [-0.3, -0.25) is 9.59 Å². The number of ether oxygens (including phenoxy) is 2. The molecule has 2 rings (SSSR count). The fraction of sp³-hybridized carbons (Fsp3) is 0.118. The predicted octanol–water partition coefficient (Wildman–Crippen LogP) is 2.45. The number of benzene rings is 2. The summed E-state index contributed by atoms with van der Waals surface area (Å²) >= 11 is 5.82. The van der Waals surface area contributed by atoms with Crippen LogP contribution in [-0.2, 0) is 9.59 Å². The first-order valence-electron chi connectivity index (χ1n) is 7.16. The second-order valence-electron chi connectivity index (χ2n) is 4.75. The molecule has 0 saturated heterocycles. The number of rotatable bonds is 5. The second-order valence-corrected chi connectivity index (χ2v) is 5.18. The number of nitrogens with zero attached hydrogens (tertiary/aromatic N) is 1. The summed E-state index contributed by atoms with van der Waals surface area (Å²) in [6, 6.07) is 11.7. The lowest BCUT2D eigenvalue weighted by atomic mass is 10.2. The topological polar surface area (TPSA) is 89.0 Å². The molecule has 0 saturated carbocycles. The van der Waals surface area contributed by atoms with Crippen molar-refractivity contribution in [3.63, 3.8) is 0 Å². The number of carbonyl (C=O) groups is 2. The lowest BCUT2D eigenvalue weighted by Crippen LogP contribution is -2.32. The van der Waals surface area contributed by atoms with Gasteiger partial charge >= 0.3 is 11.8 Å². The van der Waals surface area contributed by atoms with Crippen LogP contribution in [0.25, 0.3) is 0 Å². The van der Waals surface area contributed by atoms with Gasteiger partial charge in [-0.25, -0.2) is 5.43 Å². The van der Waals surface area contributed by atoms with Crippen molar-refractivity contribution in [3.05, 3.63) is 53.1 Å². The third-order valence-corrected chi connectivity index (χ3v) is 3.33. The Labute approximate surface area is 149 Å². The highest BCUT2D eigenvalue weighted by atomic mass is 35.5. The van der Waals surface area contributed by atoms with Gasteiger partial charge in [-0.2, -0.15) is 5.10 Å². The van der Waals surface area contributed by atoms with Gasteiger partial charge in [-0.05, 0) is 30.3 Å². The van der Waals surface area contributed by atoms with Crippen molar-refractivity contribution in [3.8, 4) is 11.5 Å². The van der Waals surface area contributed by atoms with E-state index in [-0.39, 0.29) is 0 Å². The molecular formula is C17H16ClN3O4. The van der Waals surface area contributed by atoms with Crippen molar-refractivity contribution < 1.29 is 19.1 Å². The number of halogens is 1. The molecule has 0 unspecified atom stereocenters. The average molecular weight is 362 g/mol. The van der Waals surface area contributed by atoms with Crippen LogP contribution in [0.2, 0.25) is 5.02 Å². The SMILES string of the molecule is COc1cccc(/C=N\NC(=O)C(=O)Nc2cccc(Cl)c2)c1OC. The van der Waals surface area contributed by atoms with E-state index in [1.165, 1.54) is 26.5 Å². The first kappa shape index (κ1) is 18.3. The maximum Gasteiger partial charge on any atom is 0.329 e. The number of hydrogen-bond acceptors (Lipinski definition) is 5. The molecule has 0 fully saturated rings. The molecule has 0 bridgehead atoms. The van der Waals surface area contributed by atoms with Gasteiger partial charge in [0.1, 0.15) is 0 Å². The van der Waals surface area contributed by atoms with E-state index in [1.807, 2.05) is 0 Å². The van der Waals surface area contributed by atoms with Gasteiger partial charge in [0, 0.05) is 16.3 Å². The molecule has 0 aliphatic rings. The maximum absolute atomic E-state index is 11.8. The summed E-state index contributed by atoms with van der Waals surface area (Å²) in [5.41, 5.74) is 3.13. The smallest absolute Gasteiger partial charge is 0.329 e. The van der Waals surface area contributed by atoms with Gasteiger partial charge in [0.15, 0.2) is 11.5 Å². The minimum Gasteiger partial charge on any atom is -0.493 e. The molecule has 2 aromatic carbocycles. The van der Waals surface area contributed by atoms with Crippen molar-refractivity contribution >= 4 is 35.3 Å². The number of methoxy groups -OCH3 is 2. The van der Waals surface area contributed by atoms with Crippen LogP contribution in [0, 0.1) is 0 Å². The zero-order valence-electron chi connectivity index (χ0n) is 13.6. The van der Waals surface area contributed by atoms with Crippen LogP contribution in [-0.4, -0.2) is 32.2 Å². The third kappa shape index (κ3) is 4.95. The summed E-state index contributed by atoms with van der Waals surface area (Å²) in [6.07, 6.45) is 1.35. The summed E-state index contributed by atoms with van der Waals surface area (Å²) in [6.45, 7) is 0. The normalized spacial score (nSPS) is 10.4. The minimum atomic E-state index is -0.918. The number of hydrogen-bond donors (Lipinski definition) is 2. The summed E-state index contributed by atoms with van der Waals surface area (Å²) in [7, 11) is 3.01. The Balaban J connectivity index is 1.99. The Morgan fingerprint density at radius 2 is 1.84 bits per heavy atom. The highest BCUT2D eigenvalue weighted by molar-refractivity contribution is 6.39. The van der Waals surface area contributed by atoms with Crippen molar-refractivity contribution in [1.29, 1.82) is 0 Å². The first-order valence-corrected chi connectivity index (χ1v) is 7.54. The van der Waals surface area contributed by atoms with Gasteiger partial charge in [-0.15, -0.1) is 0 Å². The zero-order chi connectivity index (χ0) is 18.2. The lowest BCUT2D eigenvalue weighted by Gasteiger charge is -2.09. The summed E-state index contributed by atoms with van der Waals surface area (Å²) < 4.78 is 10.4. The Bertz CT molecular complexity index is 808. The molecule has 7 nitrogen and oxygen atoms in total. The molecule has 0 heterocycles. The van der Waals surface area contributed by atoms with E-state index >= 15 is 0 Å². The van der Waals surface area contributed by atoms with E-state index in [4.69, 9.17) is 21.1 Å². The van der Waals surface area contributed by atoms with Crippen molar-refractivity contribution in [2.75, 3.05) is 19.5 Å². The molecule has 0 aliphatic heterocycles. The van der Waals surface area contributed by atoms with Crippen molar-refractivity contribution in [2.24, 2.45) is 5.10 Å². The van der Waals surface area contributed by atoms with E-state index in [1.54, 1.807) is 36.4 Å². The Morgan fingerprint density at radius 3 is 2.52 bits per heavy atom. The summed E-state index contributed by atoms with van der Waals surface area (Å²) in [5, 5.41) is 6.62. The van der Waals surface area contributed by atoms with E-state index in [0.717, 1.165) is 0 Å². The van der Waals surface area contributed by atoms with Crippen LogP contribution in [0.15, 0.2) is 47.6 Å². The van der Waals surface area contributed by atoms with Crippen LogP contribution >= 0.6 is 11.6 Å². The van der Waals surface area contributed by atoms with E-state index in [2.05, 4.69) is 15.8 Å². The number of hydrazone groups is 1. The Kier molecular flexibility index (Phi) is 6.36. The van der Waals surface area contributed by atoms with Gasteiger partial charge < -0.3 is 14.8 Å². The maximum atomic E-state index is 11.8. The van der Waals surface area contributed by atoms with Crippen molar-refractivity contribution in [2.45, 2.75) is 0 Å². The van der Waals surface area contributed by atoms with Gasteiger partial charge in [0.25, 0.3) is 0 Å². The quantitative estimate of drug-likeness (QED) is 0.486. The third-order valence-electron chi connectivity index (χ3n) is 3.09. The van der Waals surface area contributed by atoms with Crippen LogP contribution < -0.4 is 20.2 Å². The Morgan fingerprint density at radius 1 is 1.08 bits per heavy atom. The largest absolute Gasteiger partial charge is 0.493 e. The standard InChI is InChI=1S/C17H16ClN3O4/c1-24-14-8-3-5-11(15(14)25-2)10-19-21-17(23)16(22)20-13-7-4-6-12(18)9-13/h3-10H,1-2H3,(H,20,22)(H,21,23)/b19-10-. The highest BCUT2D eigenvalue weighted by Gasteiger charge is 2.13. The minimum absolute atomic E-state index is 0.408. The molecule has 0 spiro atoms. The molecule has 8 heteroatoms. The van der Waals surface area contributed by atoms with Gasteiger partial charge in [-0.1, -0.05) is 23.7 Å². The van der Waals surface area contributed by atoms with E-state index in [0.29, 0.717) is 27.8 Å². The molecule has 2 aromatic rings. The summed E-state index contributed by atoms with van der Waals surface area (Å²) in [5.74, 6) is -0.794. The average Bonchev–Trinajstić information content (AvgIpc) is 2.61. The molecule has 2 N–H and O–H groups in total. The number of para-hydroxylation sites is 1. The zero-order valence-corrected chi connectivity index (χ0v) is 14.3. The fourth-order valence-corrected chi connectivity index (χ4v) is 2.17. The molecule has 0 radical (unpaired) electrons. The molecule has 0 aromatic heterocycles. The lowest BCUT2D eigenvalue weighted by molar-refractivity contribution is -0.136. The summed E-state index contributed by atoms with van der Waals surface area (Å²) in [4.78, 5) is 23.6. The second kappa shape index (κ2) is 8.70.